The molecule has 0 spiro atoms. The molecular weight excluding hydrogens is 344 g/mol. The number of hydrogen-bond donors (Lipinski definition) is 2. The number of nitrogens with two attached hydrogens (primary N) is 1. The number of ether oxygens (including phenoxy) is 2. The van der Waals surface area contributed by atoms with Crippen LogP contribution in [-0.4, -0.2) is 35.3 Å². The first-order valence-corrected chi connectivity index (χ1v) is 8.90. The quantitative estimate of drug-likeness (QED) is 0.767. The Kier molecular flexibility index (Phi) is 6.74. The first kappa shape index (κ1) is 20.6. The van der Waals surface area contributed by atoms with E-state index in [9.17, 15) is 4.79 Å². The van der Waals surface area contributed by atoms with E-state index >= 15 is 0 Å². The van der Waals surface area contributed by atoms with Crippen LogP contribution in [0.25, 0.3) is 11.1 Å². The van der Waals surface area contributed by atoms with E-state index in [1.165, 1.54) is 7.11 Å². The van der Waals surface area contributed by atoms with Gasteiger partial charge in [0.05, 0.1) is 7.11 Å². The lowest BCUT2D eigenvalue weighted by Crippen LogP contribution is -2.43. The normalized spacial score (nSPS) is 13.1. The van der Waals surface area contributed by atoms with Gasteiger partial charge in [0.25, 0.3) is 0 Å². The number of carbonyl (C=O) groups is 1. The van der Waals surface area contributed by atoms with E-state index in [4.69, 9.17) is 10.5 Å². The standard InChI is InChI=1S/C20H28N4O3/c1-13(2)10-20(4,21)12-27-18-8-14(3)16(11-23-18)15-6-7-22-17(9-15)24-19(25)26-5/h6-9,11,13H,10,12,21H2,1-5H3,(H,22,24,25). The van der Waals surface area contributed by atoms with Crippen LogP contribution < -0.4 is 15.8 Å². The maximum absolute atomic E-state index is 11.3. The summed E-state index contributed by atoms with van der Waals surface area (Å²) >= 11 is 0. The SMILES string of the molecule is COC(=O)Nc1cc(-c2cnc(OCC(C)(N)CC(C)C)cc2C)ccn1. The number of amides is 1. The van der Waals surface area contributed by atoms with Crippen LogP contribution in [0.5, 0.6) is 5.88 Å². The van der Waals surface area contributed by atoms with Gasteiger partial charge in [-0.1, -0.05) is 13.8 Å². The number of nitrogens with zero attached hydrogens (tertiary/aromatic N) is 2. The van der Waals surface area contributed by atoms with Gasteiger partial charge >= 0.3 is 6.09 Å². The minimum atomic E-state index is -0.565. The van der Waals surface area contributed by atoms with Crippen LogP contribution in [0.4, 0.5) is 10.6 Å². The number of hydrogen-bond acceptors (Lipinski definition) is 6. The topological polar surface area (TPSA) is 99.4 Å². The Bertz CT molecular complexity index is 791. The summed E-state index contributed by atoms with van der Waals surface area (Å²) in [5, 5.41) is 2.55. The summed E-state index contributed by atoms with van der Waals surface area (Å²) in [7, 11) is 1.31. The number of nitrogens with one attached hydrogen (secondary N) is 1. The lowest BCUT2D eigenvalue weighted by molar-refractivity contribution is 0.187. The van der Waals surface area contributed by atoms with Crippen molar-refractivity contribution in [2.75, 3.05) is 19.0 Å². The third kappa shape index (κ3) is 6.21. The van der Waals surface area contributed by atoms with Gasteiger partial charge in [0.1, 0.15) is 12.4 Å². The number of aryl methyl sites for hydroxylation is 1. The predicted octanol–water partition coefficient (Wildman–Crippen LogP) is 3.77. The first-order chi connectivity index (χ1) is 12.7. The lowest BCUT2D eigenvalue weighted by Gasteiger charge is -2.26. The zero-order valence-electron chi connectivity index (χ0n) is 16.6. The molecule has 27 heavy (non-hydrogen) atoms. The van der Waals surface area contributed by atoms with Crippen LogP contribution in [0.2, 0.25) is 0 Å². The van der Waals surface area contributed by atoms with Gasteiger partial charge in [0.15, 0.2) is 0 Å². The summed E-state index contributed by atoms with van der Waals surface area (Å²) < 4.78 is 10.4. The van der Waals surface area contributed by atoms with Gasteiger partial charge in [-0.25, -0.2) is 14.8 Å². The highest BCUT2D eigenvalue weighted by atomic mass is 16.5. The average molecular weight is 372 g/mol. The molecule has 1 atom stereocenters. The molecule has 0 fully saturated rings. The molecule has 1 unspecified atom stereocenters. The van der Waals surface area contributed by atoms with Crippen molar-refractivity contribution in [1.29, 1.82) is 0 Å². The number of rotatable bonds is 7. The van der Waals surface area contributed by atoms with Gasteiger partial charge in [0.2, 0.25) is 5.88 Å². The lowest BCUT2D eigenvalue weighted by atomic mass is 9.93. The fourth-order valence-electron chi connectivity index (χ4n) is 2.96. The van der Waals surface area contributed by atoms with E-state index < -0.39 is 11.6 Å². The second-order valence-electron chi connectivity index (χ2n) is 7.42. The fraction of sp³-hybridized carbons (Fsp3) is 0.450. The molecule has 2 rings (SSSR count). The summed E-state index contributed by atoms with van der Waals surface area (Å²) in [6.45, 7) is 8.65. The van der Waals surface area contributed by atoms with Crippen LogP contribution >= 0.6 is 0 Å². The van der Waals surface area contributed by atoms with Crippen molar-refractivity contribution in [3.05, 3.63) is 36.2 Å². The Hall–Kier alpha value is -2.67. The van der Waals surface area contributed by atoms with Crippen molar-refractivity contribution in [2.45, 2.75) is 39.7 Å². The molecule has 0 aliphatic rings. The fourth-order valence-corrected chi connectivity index (χ4v) is 2.96. The van der Waals surface area contributed by atoms with E-state index in [-0.39, 0.29) is 0 Å². The van der Waals surface area contributed by atoms with Crippen molar-refractivity contribution in [3.8, 4) is 17.0 Å². The molecule has 0 radical (unpaired) electrons. The number of aromatic nitrogens is 2. The summed E-state index contributed by atoms with van der Waals surface area (Å²) in [6.07, 6.45) is 3.68. The zero-order valence-corrected chi connectivity index (χ0v) is 16.6. The monoisotopic (exact) mass is 372 g/mol. The van der Waals surface area contributed by atoms with Gasteiger partial charge in [0, 0.05) is 29.6 Å². The molecule has 2 aromatic rings. The Labute approximate surface area is 160 Å². The minimum Gasteiger partial charge on any atom is -0.476 e. The molecule has 0 saturated carbocycles. The van der Waals surface area contributed by atoms with E-state index in [2.05, 4.69) is 33.9 Å². The van der Waals surface area contributed by atoms with E-state index in [1.54, 1.807) is 18.5 Å². The highest BCUT2D eigenvalue weighted by Gasteiger charge is 2.21. The van der Waals surface area contributed by atoms with Crippen molar-refractivity contribution in [3.63, 3.8) is 0 Å². The molecule has 0 aromatic carbocycles. The zero-order chi connectivity index (χ0) is 20.0. The van der Waals surface area contributed by atoms with Gasteiger partial charge in [-0.3, -0.25) is 5.32 Å². The maximum Gasteiger partial charge on any atom is 0.412 e. The Morgan fingerprint density at radius 2 is 2.07 bits per heavy atom. The average Bonchev–Trinajstić information content (AvgIpc) is 2.59. The van der Waals surface area contributed by atoms with Crippen LogP contribution in [0, 0.1) is 12.8 Å². The Balaban J connectivity index is 2.13. The molecule has 2 aromatic heterocycles. The number of anilines is 1. The highest BCUT2D eigenvalue weighted by molar-refractivity contribution is 5.84. The Morgan fingerprint density at radius 1 is 1.33 bits per heavy atom. The maximum atomic E-state index is 11.3. The molecule has 1 amide bonds. The van der Waals surface area contributed by atoms with E-state index in [0.717, 1.165) is 23.1 Å². The largest absolute Gasteiger partial charge is 0.476 e. The number of carbonyl (C=O) groups excluding carboxylic acids is 1. The van der Waals surface area contributed by atoms with Gasteiger partial charge in [-0.15, -0.1) is 0 Å². The summed E-state index contributed by atoms with van der Waals surface area (Å²) in [5.74, 6) is 1.45. The summed E-state index contributed by atoms with van der Waals surface area (Å²) in [4.78, 5) is 19.9. The highest BCUT2D eigenvalue weighted by Crippen LogP contribution is 2.26. The van der Waals surface area contributed by atoms with Crippen LogP contribution in [0.15, 0.2) is 30.6 Å². The molecular formula is C20H28N4O3. The minimum absolute atomic E-state index is 0.401. The van der Waals surface area contributed by atoms with Crippen molar-refractivity contribution < 1.29 is 14.3 Å². The molecule has 7 heteroatoms. The van der Waals surface area contributed by atoms with E-state index in [0.29, 0.717) is 24.2 Å². The van der Waals surface area contributed by atoms with E-state index in [1.807, 2.05) is 26.0 Å². The van der Waals surface area contributed by atoms with Gasteiger partial charge in [-0.05, 0) is 49.4 Å². The van der Waals surface area contributed by atoms with Crippen molar-refractivity contribution >= 4 is 11.9 Å². The summed E-state index contributed by atoms with van der Waals surface area (Å²) in [6, 6.07) is 5.50. The van der Waals surface area contributed by atoms with Gasteiger partial charge < -0.3 is 15.2 Å². The van der Waals surface area contributed by atoms with Crippen LogP contribution in [0.1, 0.15) is 32.8 Å². The molecule has 3 N–H and O–H groups in total. The first-order valence-electron chi connectivity index (χ1n) is 8.90. The van der Waals surface area contributed by atoms with Crippen LogP contribution in [0.3, 0.4) is 0 Å². The summed E-state index contributed by atoms with van der Waals surface area (Å²) in [5.41, 5.74) is 8.70. The third-order valence-electron chi connectivity index (χ3n) is 4.00. The third-order valence-corrected chi connectivity index (χ3v) is 4.00. The van der Waals surface area contributed by atoms with Crippen LogP contribution in [-0.2, 0) is 4.74 Å². The predicted molar refractivity (Wildman–Crippen MR) is 106 cm³/mol. The Morgan fingerprint density at radius 3 is 2.70 bits per heavy atom. The molecule has 146 valence electrons. The number of methoxy groups -OCH3 is 1. The molecule has 0 saturated heterocycles. The second kappa shape index (κ2) is 8.81. The van der Waals surface area contributed by atoms with Crippen molar-refractivity contribution in [2.24, 2.45) is 11.7 Å². The van der Waals surface area contributed by atoms with Gasteiger partial charge in [-0.2, -0.15) is 0 Å². The molecule has 2 heterocycles. The second-order valence-corrected chi connectivity index (χ2v) is 7.42. The van der Waals surface area contributed by atoms with Crippen molar-refractivity contribution in [1.82, 2.24) is 9.97 Å². The molecule has 7 nitrogen and oxygen atoms in total. The molecule has 0 aliphatic carbocycles. The molecule has 0 aliphatic heterocycles. The number of pyridine rings is 2. The molecule has 0 bridgehead atoms. The smallest absolute Gasteiger partial charge is 0.412 e.